The molecule has 6 heteroatoms. The van der Waals surface area contributed by atoms with E-state index in [2.05, 4.69) is 56.1 Å². The molecule has 172 valence electrons. The van der Waals surface area contributed by atoms with Gasteiger partial charge in [-0.1, -0.05) is 30.3 Å². The number of piperidine rings is 1. The Hall–Kier alpha value is -2.67. The van der Waals surface area contributed by atoms with Crippen LogP contribution in [0.5, 0.6) is 11.5 Å². The number of hydrogen-bond acceptors (Lipinski definition) is 6. The van der Waals surface area contributed by atoms with Crippen molar-refractivity contribution in [3.05, 3.63) is 65.9 Å². The smallest absolute Gasteiger partial charge is 0.231 e. The van der Waals surface area contributed by atoms with E-state index in [1.807, 2.05) is 18.3 Å². The summed E-state index contributed by atoms with van der Waals surface area (Å²) in [6.45, 7) is 9.21. The Bertz CT molecular complexity index is 1110. The standard InChI is InChI=1S/C27H32N4O2/c1-4-22-6-2-10-28-27(22)23(5-1)18-30-11-3-7-24(19-30)31-14-12-29(13-15-31)17-21-8-9-25-26(16-21)33-20-32-25/h1-2,4-6,8-10,16,24H,3,7,11-15,17-20H2/t24-/m0/s1. The van der Waals surface area contributed by atoms with Crippen LogP contribution >= 0.6 is 0 Å². The predicted molar refractivity (Wildman–Crippen MR) is 129 cm³/mol. The number of ether oxygens (including phenoxy) is 2. The first kappa shape index (κ1) is 20.9. The monoisotopic (exact) mass is 444 g/mol. The summed E-state index contributed by atoms with van der Waals surface area (Å²) in [6.07, 6.45) is 4.50. The molecule has 0 radical (unpaired) electrons. The van der Waals surface area contributed by atoms with Gasteiger partial charge in [0.15, 0.2) is 11.5 Å². The van der Waals surface area contributed by atoms with Crippen LogP contribution in [-0.2, 0) is 13.1 Å². The van der Waals surface area contributed by atoms with Crippen LogP contribution in [0, 0.1) is 0 Å². The van der Waals surface area contributed by atoms with E-state index in [-0.39, 0.29) is 0 Å². The lowest BCUT2D eigenvalue weighted by atomic mass is 10.0. The van der Waals surface area contributed by atoms with E-state index in [4.69, 9.17) is 9.47 Å². The molecular weight excluding hydrogens is 412 g/mol. The molecule has 0 amide bonds. The lowest BCUT2D eigenvalue weighted by molar-refractivity contribution is 0.0478. The Morgan fingerprint density at radius 2 is 1.73 bits per heavy atom. The molecule has 2 fully saturated rings. The van der Waals surface area contributed by atoms with Gasteiger partial charge < -0.3 is 9.47 Å². The van der Waals surface area contributed by atoms with Crippen molar-refractivity contribution >= 4 is 10.9 Å². The Morgan fingerprint density at radius 1 is 0.848 bits per heavy atom. The van der Waals surface area contributed by atoms with E-state index in [1.54, 1.807) is 0 Å². The Kier molecular flexibility index (Phi) is 5.89. The molecular formula is C27H32N4O2. The van der Waals surface area contributed by atoms with Gasteiger partial charge in [0.25, 0.3) is 0 Å². The SMILES string of the molecule is c1cnc2c(CN3CCC[C@H](N4CCN(Cc5ccc6c(c5)OCO6)CC4)C3)cccc2c1. The van der Waals surface area contributed by atoms with Crippen molar-refractivity contribution in [2.45, 2.75) is 32.0 Å². The molecule has 3 aliphatic heterocycles. The number of rotatable bonds is 5. The van der Waals surface area contributed by atoms with E-state index in [0.29, 0.717) is 12.8 Å². The van der Waals surface area contributed by atoms with Crippen molar-refractivity contribution in [2.24, 2.45) is 0 Å². The van der Waals surface area contributed by atoms with Crippen molar-refractivity contribution in [2.75, 3.05) is 46.1 Å². The Balaban J connectivity index is 1.04. The molecule has 0 bridgehead atoms. The fourth-order valence-corrected chi connectivity index (χ4v) is 5.59. The molecule has 1 aromatic heterocycles. The zero-order chi connectivity index (χ0) is 22.0. The minimum Gasteiger partial charge on any atom is -0.454 e. The summed E-state index contributed by atoms with van der Waals surface area (Å²) < 4.78 is 11.0. The first-order valence-electron chi connectivity index (χ1n) is 12.2. The van der Waals surface area contributed by atoms with Gasteiger partial charge in [0.2, 0.25) is 6.79 Å². The predicted octanol–water partition coefficient (Wildman–Crippen LogP) is 3.75. The minimum absolute atomic E-state index is 0.340. The van der Waals surface area contributed by atoms with Gasteiger partial charge in [-0.05, 0) is 48.7 Å². The molecule has 3 aromatic rings. The highest BCUT2D eigenvalue weighted by atomic mass is 16.7. The highest BCUT2D eigenvalue weighted by Crippen LogP contribution is 2.33. The van der Waals surface area contributed by atoms with Gasteiger partial charge in [0, 0.05) is 63.4 Å². The van der Waals surface area contributed by atoms with Gasteiger partial charge in [0.1, 0.15) is 0 Å². The third kappa shape index (κ3) is 4.56. The average Bonchev–Trinajstić information content (AvgIpc) is 3.33. The second-order valence-corrected chi connectivity index (χ2v) is 9.52. The topological polar surface area (TPSA) is 41.1 Å². The van der Waals surface area contributed by atoms with E-state index in [1.165, 1.54) is 35.9 Å². The Morgan fingerprint density at radius 3 is 2.67 bits per heavy atom. The summed E-state index contributed by atoms with van der Waals surface area (Å²) >= 11 is 0. The van der Waals surface area contributed by atoms with Crippen LogP contribution in [-0.4, -0.2) is 71.8 Å². The minimum atomic E-state index is 0.340. The molecule has 33 heavy (non-hydrogen) atoms. The molecule has 0 saturated carbocycles. The van der Waals surface area contributed by atoms with Crippen LogP contribution in [0.1, 0.15) is 24.0 Å². The number of hydrogen-bond donors (Lipinski definition) is 0. The van der Waals surface area contributed by atoms with Gasteiger partial charge >= 0.3 is 0 Å². The number of benzene rings is 2. The molecule has 0 N–H and O–H groups in total. The number of nitrogens with zero attached hydrogens (tertiary/aromatic N) is 4. The van der Waals surface area contributed by atoms with Crippen LogP contribution in [0.3, 0.4) is 0 Å². The number of likely N-dealkylation sites (tertiary alicyclic amines) is 1. The van der Waals surface area contributed by atoms with Gasteiger partial charge in [-0.3, -0.25) is 19.7 Å². The summed E-state index contributed by atoms with van der Waals surface area (Å²) in [7, 11) is 0. The van der Waals surface area contributed by atoms with Crippen molar-refractivity contribution in [3.63, 3.8) is 0 Å². The third-order valence-corrected chi connectivity index (χ3v) is 7.36. The van der Waals surface area contributed by atoms with Crippen LogP contribution in [0.4, 0.5) is 0 Å². The van der Waals surface area contributed by atoms with Crippen LogP contribution in [0.2, 0.25) is 0 Å². The van der Waals surface area contributed by atoms with Gasteiger partial charge in [-0.2, -0.15) is 0 Å². The van der Waals surface area contributed by atoms with E-state index >= 15 is 0 Å². The van der Waals surface area contributed by atoms with E-state index < -0.39 is 0 Å². The number of para-hydroxylation sites is 1. The zero-order valence-corrected chi connectivity index (χ0v) is 19.2. The maximum absolute atomic E-state index is 5.54. The second kappa shape index (κ2) is 9.29. The van der Waals surface area contributed by atoms with Crippen molar-refractivity contribution < 1.29 is 9.47 Å². The maximum atomic E-state index is 5.54. The largest absolute Gasteiger partial charge is 0.454 e. The third-order valence-electron chi connectivity index (χ3n) is 7.36. The molecule has 4 heterocycles. The van der Waals surface area contributed by atoms with Gasteiger partial charge in [0.05, 0.1) is 5.52 Å². The first-order chi connectivity index (χ1) is 16.3. The molecule has 6 rings (SSSR count). The molecule has 0 spiro atoms. The summed E-state index contributed by atoms with van der Waals surface area (Å²) in [5.41, 5.74) is 3.81. The summed E-state index contributed by atoms with van der Waals surface area (Å²) in [5, 5.41) is 1.24. The van der Waals surface area contributed by atoms with Gasteiger partial charge in [-0.25, -0.2) is 0 Å². The molecule has 2 saturated heterocycles. The second-order valence-electron chi connectivity index (χ2n) is 9.52. The highest BCUT2D eigenvalue weighted by molar-refractivity contribution is 5.81. The quantitative estimate of drug-likeness (QED) is 0.597. The maximum Gasteiger partial charge on any atom is 0.231 e. The number of aromatic nitrogens is 1. The lowest BCUT2D eigenvalue weighted by Gasteiger charge is -2.43. The van der Waals surface area contributed by atoms with Crippen LogP contribution in [0.25, 0.3) is 10.9 Å². The molecule has 6 nitrogen and oxygen atoms in total. The molecule has 0 unspecified atom stereocenters. The fourth-order valence-electron chi connectivity index (χ4n) is 5.59. The average molecular weight is 445 g/mol. The van der Waals surface area contributed by atoms with Crippen molar-refractivity contribution in [1.82, 2.24) is 19.7 Å². The molecule has 1 atom stereocenters. The van der Waals surface area contributed by atoms with E-state index in [9.17, 15) is 0 Å². The van der Waals surface area contributed by atoms with Crippen LogP contribution in [0.15, 0.2) is 54.7 Å². The van der Waals surface area contributed by atoms with Gasteiger partial charge in [-0.15, -0.1) is 0 Å². The number of fused-ring (bicyclic) bond motifs is 2. The summed E-state index contributed by atoms with van der Waals surface area (Å²) in [6, 6.07) is 17.8. The van der Waals surface area contributed by atoms with Crippen molar-refractivity contribution in [1.29, 1.82) is 0 Å². The van der Waals surface area contributed by atoms with E-state index in [0.717, 1.165) is 62.8 Å². The number of piperazine rings is 1. The molecule has 3 aliphatic rings. The fraction of sp³-hybridized carbons (Fsp3) is 0.444. The first-order valence-corrected chi connectivity index (χ1v) is 12.2. The zero-order valence-electron chi connectivity index (χ0n) is 19.2. The van der Waals surface area contributed by atoms with Crippen LogP contribution < -0.4 is 9.47 Å². The van der Waals surface area contributed by atoms with Crippen molar-refractivity contribution in [3.8, 4) is 11.5 Å². The summed E-state index contributed by atoms with van der Waals surface area (Å²) in [4.78, 5) is 12.6. The number of pyridine rings is 1. The Labute approximate surface area is 195 Å². The molecule has 0 aliphatic carbocycles. The summed E-state index contributed by atoms with van der Waals surface area (Å²) in [5.74, 6) is 1.75. The normalized spacial score (nSPS) is 22.1. The molecule has 2 aromatic carbocycles. The lowest BCUT2D eigenvalue weighted by Crippen LogP contribution is -2.54. The highest BCUT2D eigenvalue weighted by Gasteiger charge is 2.28.